The highest BCUT2D eigenvalue weighted by Crippen LogP contribution is 2.36. The maximum absolute atomic E-state index is 12.5. The van der Waals surface area contributed by atoms with Crippen LogP contribution in [0.15, 0.2) is 48.5 Å². The van der Waals surface area contributed by atoms with Crippen molar-refractivity contribution in [2.45, 2.75) is 38.9 Å². The molecule has 23 heavy (non-hydrogen) atoms. The Kier molecular flexibility index (Phi) is 4.31. The van der Waals surface area contributed by atoms with Crippen LogP contribution in [0.25, 0.3) is 0 Å². The smallest absolute Gasteiger partial charge is 0.255 e. The molecule has 1 aliphatic heterocycles. The zero-order valence-electron chi connectivity index (χ0n) is 13.5. The molecule has 0 aliphatic carbocycles. The number of rotatable bonds is 4. The third kappa shape index (κ3) is 2.81. The number of fused-ring (bicyclic) bond motifs is 1. The van der Waals surface area contributed by atoms with E-state index in [9.17, 15) is 4.79 Å². The lowest BCUT2D eigenvalue weighted by Crippen LogP contribution is -2.63. The van der Waals surface area contributed by atoms with E-state index in [1.807, 2.05) is 48.5 Å². The molecular formula is C19H21ClN2O. The lowest BCUT2D eigenvalue weighted by atomic mass is 9.93. The first-order valence-electron chi connectivity index (χ1n) is 8.03. The summed E-state index contributed by atoms with van der Waals surface area (Å²) in [6.45, 7) is 4.97. The second kappa shape index (κ2) is 6.25. The fourth-order valence-electron chi connectivity index (χ4n) is 3.30. The molecule has 0 atom stereocenters. The third-order valence-corrected chi connectivity index (χ3v) is 4.98. The average molecular weight is 329 g/mol. The van der Waals surface area contributed by atoms with Crippen molar-refractivity contribution in [3.8, 4) is 0 Å². The van der Waals surface area contributed by atoms with Gasteiger partial charge in [-0.15, -0.1) is 0 Å². The van der Waals surface area contributed by atoms with Crippen LogP contribution in [0.2, 0.25) is 5.02 Å². The van der Waals surface area contributed by atoms with E-state index >= 15 is 0 Å². The van der Waals surface area contributed by atoms with Crippen LogP contribution in [-0.4, -0.2) is 11.6 Å². The van der Waals surface area contributed by atoms with Gasteiger partial charge in [0.25, 0.3) is 5.91 Å². The molecule has 0 saturated heterocycles. The second-order valence-corrected chi connectivity index (χ2v) is 6.36. The van der Waals surface area contributed by atoms with Crippen molar-refractivity contribution in [3.05, 3.63) is 64.7 Å². The van der Waals surface area contributed by atoms with Gasteiger partial charge in [-0.3, -0.25) is 4.79 Å². The summed E-state index contributed by atoms with van der Waals surface area (Å²) >= 11 is 5.99. The van der Waals surface area contributed by atoms with Crippen molar-refractivity contribution in [1.29, 1.82) is 0 Å². The van der Waals surface area contributed by atoms with E-state index in [-0.39, 0.29) is 11.6 Å². The van der Waals surface area contributed by atoms with Crippen LogP contribution in [0.3, 0.4) is 0 Å². The van der Waals surface area contributed by atoms with Gasteiger partial charge in [0.2, 0.25) is 0 Å². The Balaban J connectivity index is 2.06. The molecule has 3 nitrogen and oxygen atoms in total. The fraction of sp³-hybridized carbons (Fsp3) is 0.316. The second-order valence-electron chi connectivity index (χ2n) is 5.92. The molecule has 1 aliphatic rings. The quantitative estimate of drug-likeness (QED) is 0.889. The van der Waals surface area contributed by atoms with E-state index < -0.39 is 0 Å². The fourth-order valence-corrected chi connectivity index (χ4v) is 3.42. The first kappa shape index (κ1) is 15.9. The van der Waals surface area contributed by atoms with Gasteiger partial charge in [-0.2, -0.15) is 0 Å². The molecule has 4 heteroatoms. The molecule has 2 aromatic carbocycles. The number of anilines is 1. The minimum Gasteiger partial charge on any atom is -0.344 e. The molecule has 0 bridgehead atoms. The van der Waals surface area contributed by atoms with E-state index in [0.717, 1.165) is 35.7 Å². The number of nitrogens with zero attached hydrogens (tertiary/aromatic N) is 1. The van der Waals surface area contributed by atoms with Gasteiger partial charge >= 0.3 is 0 Å². The highest BCUT2D eigenvalue weighted by molar-refractivity contribution is 6.30. The summed E-state index contributed by atoms with van der Waals surface area (Å²) in [4.78, 5) is 14.8. The monoisotopic (exact) mass is 328 g/mol. The molecule has 1 heterocycles. The van der Waals surface area contributed by atoms with Crippen LogP contribution >= 0.6 is 11.6 Å². The van der Waals surface area contributed by atoms with Gasteiger partial charge in [0.05, 0.1) is 11.3 Å². The van der Waals surface area contributed by atoms with Gasteiger partial charge < -0.3 is 10.2 Å². The molecule has 120 valence electrons. The number of halogens is 1. The van der Waals surface area contributed by atoms with Crippen LogP contribution < -0.4 is 10.2 Å². The first-order chi connectivity index (χ1) is 11.1. The predicted octanol–water partition coefficient (Wildman–Crippen LogP) is 4.61. The molecule has 0 spiro atoms. The minimum absolute atomic E-state index is 0.0108. The van der Waals surface area contributed by atoms with Crippen molar-refractivity contribution in [2.75, 3.05) is 4.90 Å². The molecule has 0 aromatic heterocycles. The number of hydrogen-bond acceptors (Lipinski definition) is 2. The van der Waals surface area contributed by atoms with Crippen LogP contribution in [0.4, 0.5) is 5.69 Å². The van der Waals surface area contributed by atoms with E-state index in [2.05, 4.69) is 24.1 Å². The lowest BCUT2D eigenvalue weighted by molar-refractivity contribution is 0.0869. The maximum Gasteiger partial charge on any atom is 0.255 e. The Labute approximate surface area is 142 Å². The molecule has 1 N–H and O–H groups in total. The average Bonchev–Trinajstić information content (AvgIpc) is 2.59. The van der Waals surface area contributed by atoms with Crippen LogP contribution in [0.1, 0.15) is 42.6 Å². The number of hydrogen-bond donors (Lipinski definition) is 1. The molecule has 1 amide bonds. The van der Waals surface area contributed by atoms with Gasteiger partial charge in [-0.1, -0.05) is 49.7 Å². The summed E-state index contributed by atoms with van der Waals surface area (Å²) < 4.78 is 0. The Morgan fingerprint density at radius 2 is 1.70 bits per heavy atom. The van der Waals surface area contributed by atoms with Crippen LogP contribution in [-0.2, 0) is 6.54 Å². The zero-order chi connectivity index (χ0) is 16.4. The minimum atomic E-state index is -0.356. The topological polar surface area (TPSA) is 32.3 Å². The van der Waals surface area contributed by atoms with Crippen LogP contribution in [0.5, 0.6) is 0 Å². The lowest BCUT2D eigenvalue weighted by Gasteiger charge is -2.49. The molecule has 0 unspecified atom stereocenters. The number of carbonyl (C=O) groups is 1. The molecule has 3 rings (SSSR count). The Morgan fingerprint density at radius 1 is 1.04 bits per heavy atom. The van der Waals surface area contributed by atoms with Gasteiger partial charge in [-0.25, -0.2) is 0 Å². The summed E-state index contributed by atoms with van der Waals surface area (Å²) in [5.74, 6) is 0.0108. The van der Waals surface area contributed by atoms with E-state index in [0.29, 0.717) is 0 Å². The number of carbonyl (C=O) groups excluding carboxylic acids is 1. The molecule has 0 saturated carbocycles. The number of amides is 1. The number of benzene rings is 2. The third-order valence-electron chi connectivity index (χ3n) is 4.73. The summed E-state index contributed by atoms with van der Waals surface area (Å²) in [5.41, 5.74) is 2.55. The highest BCUT2D eigenvalue weighted by Gasteiger charge is 2.40. The largest absolute Gasteiger partial charge is 0.344 e. The number of para-hydroxylation sites is 1. The zero-order valence-corrected chi connectivity index (χ0v) is 14.2. The van der Waals surface area contributed by atoms with E-state index in [1.165, 1.54) is 5.56 Å². The molecule has 0 radical (unpaired) electrons. The molecule has 2 aromatic rings. The Morgan fingerprint density at radius 3 is 2.35 bits per heavy atom. The van der Waals surface area contributed by atoms with Crippen molar-refractivity contribution in [3.63, 3.8) is 0 Å². The molecule has 0 fully saturated rings. The van der Waals surface area contributed by atoms with Crippen LogP contribution in [0, 0.1) is 0 Å². The predicted molar refractivity (Wildman–Crippen MR) is 94.9 cm³/mol. The maximum atomic E-state index is 12.5. The summed E-state index contributed by atoms with van der Waals surface area (Å²) in [6, 6.07) is 15.7. The summed E-state index contributed by atoms with van der Waals surface area (Å²) in [5, 5.41) is 3.96. The standard InChI is InChI=1S/C19H21ClN2O/c1-3-19(4-2)21-18(23)16-7-5-6-8-17(16)22(19)13-14-9-11-15(20)12-10-14/h5-12H,3-4,13H2,1-2H3,(H,21,23). The Bertz CT molecular complexity index is 708. The van der Waals surface area contributed by atoms with E-state index in [1.54, 1.807) is 0 Å². The normalized spacial score (nSPS) is 16.0. The number of nitrogens with one attached hydrogen (secondary N) is 1. The van der Waals surface area contributed by atoms with Crippen molar-refractivity contribution in [1.82, 2.24) is 5.32 Å². The summed E-state index contributed by atoms with van der Waals surface area (Å²) in [7, 11) is 0. The SMILES string of the molecule is CCC1(CC)NC(=O)c2ccccc2N1Cc1ccc(Cl)cc1. The van der Waals surface area contributed by atoms with Gasteiger partial charge in [-0.05, 0) is 42.7 Å². The van der Waals surface area contributed by atoms with Gasteiger partial charge in [0.1, 0.15) is 5.66 Å². The summed E-state index contributed by atoms with van der Waals surface area (Å²) in [6.07, 6.45) is 1.69. The van der Waals surface area contributed by atoms with Crippen molar-refractivity contribution in [2.24, 2.45) is 0 Å². The van der Waals surface area contributed by atoms with E-state index in [4.69, 9.17) is 11.6 Å². The first-order valence-corrected chi connectivity index (χ1v) is 8.41. The van der Waals surface area contributed by atoms with Crippen molar-refractivity contribution < 1.29 is 4.79 Å². The highest BCUT2D eigenvalue weighted by atomic mass is 35.5. The van der Waals surface area contributed by atoms with Crippen molar-refractivity contribution >= 4 is 23.2 Å². The van der Waals surface area contributed by atoms with Gasteiger partial charge in [0, 0.05) is 11.6 Å². The Hall–Kier alpha value is -2.00. The molecular weight excluding hydrogens is 308 g/mol. The van der Waals surface area contributed by atoms with Gasteiger partial charge in [0.15, 0.2) is 0 Å².